The van der Waals surface area contributed by atoms with Crippen LogP contribution < -0.4 is 10.2 Å². The van der Waals surface area contributed by atoms with E-state index >= 15 is 0 Å². The predicted octanol–water partition coefficient (Wildman–Crippen LogP) is 1.74. The monoisotopic (exact) mass is 554 g/mol. The van der Waals surface area contributed by atoms with Crippen molar-refractivity contribution in [2.45, 2.75) is 31.8 Å². The number of anilines is 1. The molecule has 3 aromatic rings. The van der Waals surface area contributed by atoms with Gasteiger partial charge in [-0.2, -0.15) is 0 Å². The Morgan fingerprint density at radius 3 is 2.49 bits per heavy atom. The van der Waals surface area contributed by atoms with Crippen molar-refractivity contribution in [1.82, 2.24) is 24.1 Å². The summed E-state index contributed by atoms with van der Waals surface area (Å²) in [4.78, 5) is 21.9. The van der Waals surface area contributed by atoms with E-state index in [-0.39, 0.29) is 11.4 Å². The number of nitrogens with zero attached hydrogens (tertiary/aromatic N) is 5. The lowest BCUT2D eigenvalue weighted by Crippen LogP contribution is -2.59. The van der Waals surface area contributed by atoms with E-state index in [2.05, 4.69) is 73.2 Å². The molecule has 9 nitrogen and oxygen atoms in total. The van der Waals surface area contributed by atoms with Gasteiger partial charge >= 0.3 is 0 Å². The van der Waals surface area contributed by atoms with Crippen LogP contribution in [0.3, 0.4) is 0 Å². The van der Waals surface area contributed by atoms with Gasteiger partial charge in [0.05, 0.1) is 17.3 Å². The molecule has 0 bridgehead atoms. The number of imidazole rings is 1. The van der Waals surface area contributed by atoms with Gasteiger partial charge in [-0.05, 0) is 42.6 Å². The summed E-state index contributed by atoms with van der Waals surface area (Å²) >= 11 is 0. The Balaban J connectivity index is 0.00000420. The molecule has 2 heterocycles. The molecule has 10 heteroatoms. The van der Waals surface area contributed by atoms with Gasteiger partial charge in [-0.15, -0.1) is 0 Å². The van der Waals surface area contributed by atoms with Crippen molar-refractivity contribution in [3.05, 3.63) is 83.9 Å². The molecule has 1 aliphatic rings. The lowest BCUT2D eigenvalue weighted by molar-refractivity contribution is -0.126. The Kier molecular flexibility index (Phi) is 11.7. The molecule has 39 heavy (non-hydrogen) atoms. The molecule has 1 saturated heterocycles. The van der Waals surface area contributed by atoms with Crippen molar-refractivity contribution in [2.75, 3.05) is 58.0 Å². The number of nitrogens with one attached hydrogen (secondary N) is 1. The highest BCUT2D eigenvalue weighted by Gasteiger charge is 2.34. The zero-order valence-electron chi connectivity index (χ0n) is 23.3. The molecular formula is C29H42N6O3S. The first kappa shape index (κ1) is 30.5. The summed E-state index contributed by atoms with van der Waals surface area (Å²) in [6.07, 6.45) is 8.11. The molecule has 0 radical (unpaired) electrons. The van der Waals surface area contributed by atoms with Gasteiger partial charge in [0.2, 0.25) is 5.91 Å². The van der Waals surface area contributed by atoms with Crippen molar-refractivity contribution in [3.8, 4) is 0 Å². The number of hydrogen-bond acceptors (Lipinski definition) is 5. The van der Waals surface area contributed by atoms with E-state index in [4.69, 9.17) is 0 Å². The summed E-state index contributed by atoms with van der Waals surface area (Å²) in [6, 6.07) is 18.6. The molecule has 4 rings (SSSR count). The minimum atomic E-state index is -1.19. The highest BCUT2D eigenvalue weighted by molar-refractivity contribution is 7.81. The molecular weight excluding hydrogens is 512 g/mol. The van der Waals surface area contributed by atoms with E-state index in [9.17, 15) is 9.00 Å². The molecule has 0 saturated carbocycles. The molecule has 1 fully saturated rings. The zero-order chi connectivity index (χ0) is 26.9. The smallest absolute Gasteiger partial charge is 0.239 e. The Hall–Kier alpha value is -3.05. The number of benzene rings is 2. The molecule has 1 amide bonds. The van der Waals surface area contributed by atoms with Gasteiger partial charge in [-0.3, -0.25) is 9.69 Å². The fourth-order valence-electron chi connectivity index (χ4n) is 4.93. The molecule has 212 valence electrons. The molecule has 2 aromatic carbocycles. The summed E-state index contributed by atoms with van der Waals surface area (Å²) in [5.41, 5.74) is 4.78. The van der Waals surface area contributed by atoms with Crippen LogP contribution in [0, 0.1) is 0 Å². The van der Waals surface area contributed by atoms with E-state index in [1.54, 1.807) is 6.26 Å². The van der Waals surface area contributed by atoms with E-state index in [1.165, 1.54) is 16.8 Å². The van der Waals surface area contributed by atoms with Crippen LogP contribution in [0.25, 0.3) is 0 Å². The normalized spacial score (nSPS) is 16.8. The van der Waals surface area contributed by atoms with Crippen LogP contribution >= 0.6 is 0 Å². The Labute approximate surface area is 234 Å². The maximum absolute atomic E-state index is 13.2. The molecule has 3 N–H and O–H groups in total. The molecule has 1 aromatic heterocycles. The Morgan fingerprint density at radius 2 is 1.79 bits per heavy atom. The predicted molar refractivity (Wildman–Crippen MR) is 158 cm³/mol. The average Bonchev–Trinajstić information content (AvgIpc) is 3.36. The Morgan fingerprint density at radius 1 is 1.05 bits per heavy atom. The summed E-state index contributed by atoms with van der Waals surface area (Å²) in [6.45, 7) is 4.23. The maximum atomic E-state index is 13.2. The fourth-order valence-corrected chi connectivity index (χ4v) is 5.78. The zero-order valence-corrected chi connectivity index (χ0v) is 24.1. The third kappa shape index (κ3) is 8.72. The summed E-state index contributed by atoms with van der Waals surface area (Å²) in [5.74, 6) is -0.0571. The molecule has 0 spiro atoms. The standard InChI is InChI=1S/C29H40N6O2S.H2O/c1-32(2)26-13-11-25(12-14-26)21-34-23-30-20-27(34)15-16-31-29(36)28-22-33(18-19-35(28)38(3)37)17-7-10-24-8-5-4-6-9-24;/h4-6,8-9,11-14,20,23,28H,7,10,15-19,21-22H2,1-3H3,(H,31,36);1H2. The van der Waals surface area contributed by atoms with Crippen LogP contribution in [0.2, 0.25) is 0 Å². The van der Waals surface area contributed by atoms with Gasteiger partial charge in [0.1, 0.15) is 6.04 Å². The van der Waals surface area contributed by atoms with Gasteiger partial charge in [0.15, 0.2) is 0 Å². The van der Waals surface area contributed by atoms with E-state index in [0.29, 0.717) is 26.1 Å². The maximum Gasteiger partial charge on any atom is 0.239 e. The second-order valence-electron chi connectivity index (χ2n) is 10.1. The number of carbonyl (C=O) groups excluding carboxylic acids is 1. The van der Waals surface area contributed by atoms with Crippen LogP contribution in [0.1, 0.15) is 23.2 Å². The fraction of sp³-hybridized carbons (Fsp3) is 0.448. The number of hydrogen-bond donors (Lipinski definition) is 1. The average molecular weight is 555 g/mol. The van der Waals surface area contributed by atoms with E-state index in [1.807, 2.05) is 37.0 Å². The van der Waals surface area contributed by atoms with E-state index in [0.717, 1.165) is 38.2 Å². The minimum Gasteiger partial charge on any atom is -0.412 e. The van der Waals surface area contributed by atoms with Gasteiger partial charge in [-0.1, -0.05) is 42.5 Å². The lowest BCUT2D eigenvalue weighted by atomic mass is 10.1. The van der Waals surface area contributed by atoms with Crippen LogP contribution in [-0.2, 0) is 35.2 Å². The number of rotatable bonds is 12. The van der Waals surface area contributed by atoms with Crippen molar-refractivity contribution in [1.29, 1.82) is 0 Å². The van der Waals surface area contributed by atoms with Crippen LogP contribution in [0.5, 0.6) is 0 Å². The van der Waals surface area contributed by atoms with Gasteiger partial charge in [0.25, 0.3) is 0 Å². The number of amides is 1. The largest absolute Gasteiger partial charge is 0.412 e. The second kappa shape index (κ2) is 14.9. The van der Waals surface area contributed by atoms with Crippen LogP contribution in [0.15, 0.2) is 67.1 Å². The summed E-state index contributed by atoms with van der Waals surface area (Å²) < 4.78 is 16.3. The van der Waals surface area contributed by atoms with Crippen molar-refractivity contribution in [2.24, 2.45) is 0 Å². The molecule has 2 unspecified atom stereocenters. The summed E-state index contributed by atoms with van der Waals surface area (Å²) in [7, 11) is 2.88. The van der Waals surface area contributed by atoms with E-state index < -0.39 is 17.0 Å². The molecule has 2 atom stereocenters. The number of carbonyl (C=O) groups is 1. The highest BCUT2D eigenvalue weighted by Crippen LogP contribution is 2.15. The quantitative estimate of drug-likeness (QED) is 0.367. The van der Waals surface area contributed by atoms with Crippen LogP contribution in [-0.4, -0.2) is 93.5 Å². The number of piperazine rings is 1. The third-order valence-electron chi connectivity index (χ3n) is 7.12. The number of aromatic nitrogens is 2. The topological polar surface area (TPSA) is 105 Å². The van der Waals surface area contributed by atoms with Gasteiger partial charge in [-0.25, -0.2) is 13.5 Å². The highest BCUT2D eigenvalue weighted by atomic mass is 32.2. The first-order chi connectivity index (χ1) is 18.4. The molecule has 1 aliphatic heterocycles. The Bertz CT molecular complexity index is 1190. The number of aryl methyl sites for hydroxylation is 1. The minimum absolute atomic E-state index is 0. The third-order valence-corrected chi connectivity index (χ3v) is 8.21. The van der Waals surface area contributed by atoms with Crippen molar-refractivity contribution < 1.29 is 14.5 Å². The second-order valence-corrected chi connectivity index (χ2v) is 11.4. The van der Waals surface area contributed by atoms with Gasteiger partial charge in [0, 0.05) is 77.1 Å². The van der Waals surface area contributed by atoms with Crippen LogP contribution in [0.4, 0.5) is 5.69 Å². The first-order valence-corrected chi connectivity index (χ1v) is 14.8. The SMILES string of the molecule is CN(C)c1ccc(Cn2cncc2CCNC(=O)C2CN(CCCc3ccccc3)CCN2S(C)=O)cc1.O. The first-order valence-electron chi connectivity index (χ1n) is 13.3. The molecule has 0 aliphatic carbocycles. The van der Waals surface area contributed by atoms with Crippen molar-refractivity contribution in [3.63, 3.8) is 0 Å². The van der Waals surface area contributed by atoms with Gasteiger partial charge < -0.3 is 20.3 Å². The summed E-state index contributed by atoms with van der Waals surface area (Å²) in [5, 5.41) is 3.10. The lowest BCUT2D eigenvalue weighted by Gasteiger charge is -2.39. The van der Waals surface area contributed by atoms with Crippen molar-refractivity contribution >= 4 is 22.6 Å².